The zero-order valence-electron chi connectivity index (χ0n) is 17.4. The minimum Gasteiger partial charge on any atom is -0.435 e. The van der Waals surface area contributed by atoms with Gasteiger partial charge in [0.05, 0.1) is 0 Å². The molecule has 0 spiro atoms. The number of anilines is 4. The number of urea groups is 1. The molecule has 2 aromatic heterocycles. The first-order valence-electron chi connectivity index (χ1n) is 9.78. The highest BCUT2D eigenvalue weighted by atomic mass is 19.3. The summed E-state index contributed by atoms with van der Waals surface area (Å²) in [6.07, 6.45) is 5.11. The number of aryl methyl sites for hydroxylation is 1. The van der Waals surface area contributed by atoms with E-state index in [1.807, 2.05) is 0 Å². The molecule has 0 bridgehead atoms. The van der Waals surface area contributed by atoms with E-state index in [9.17, 15) is 13.6 Å². The van der Waals surface area contributed by atoms with Gasteiger partial charge in [-0.25, -0.2) is 19.7 Å². The van der Waals surface area contributed by atoms with Crippen LogP contribution in [0.4, 0.5) is 36.5 Å². The van der Waals surface area contributed by atoms with E-state index in [0.29, 0.717) is 28.8 Å². The van der Waals surface area contributed by atoms with Crippen molar-refractivity contribution in [2.24, 2.45) is 0 Å². The molecule has 4 rings (SSSR count). The van der Waals surface area contributed by atoms with Gasteiger partial charge in [0, 0.05) is 41.6 Å². The van der Waals surface area contributed by atoms with Crippen LogP contribution in [0.15, 0.2) is 73.3 Å². The predicted octanol–water partition coefficient (Wildman–Crippen LogP) is 4.96. The number of aromatic nitrogens is 4. The third-order valence-electron chi connectivity index (χ3n) is 4.33. The van der Waals surface area contributed by atoms with Gasteiger partial charge >= 0.3 is 12.6 Å². The normalized spacial score (nSPS) is 10.7. The number of imidazole rings is 1. The van der Waals surface area contributed by atoms with Crippen LogP contribution in [0.3, 0.4) is 0 Å². The molecular formula is C22H19F2N7O2. The molecule has 0 aliphatic heterocycles. The van der Waals surface area contributed by atoms with E-state index in [1.165, 1.54) is 18.2 Å². The number of hydrogen-bond acceptors (Lipinski definition) is 6. The van der Waals surface area contributed by atoms with E-state index >= 15 is 0 Å². The van der Waals surface area contributed by atoms with Crippen molar-refractivity contribution in [1.29, 1.82) is 0 Å². The molecule has 4 aromatic rings. The number of alkyl halides is 2. The van der Waals surface area contributed by atoms with E-state index in [1.54, 1.807) is 66.6 Å². The molecule has 168 valence electrons. The van der Waals surface area contributed by atoms with Crippen LogP contribution in [0.25, 0.3) is 5.82 Å². The summed E-state index contributed by atoms with van der Waals surface area (Å²) >= 11 is 0. The molecule has 0 unspecified atom stereocenters. The van der Waals surface area contributed by atoms with Crippen LogP contribution in [0.2, 0.25) is 0 Å². The Kier molecular flexibility index (Phi) is 6.39. The van der Waals surface area contributed by atoms with E-state index in [-0.39, 0.29) is 5.75 Å². The van der Waals surface area contributed by atoms with Crippen molar-refractivity contribution in [3.05, 3.63) is 79.1 Å². The number of nitrogens with one attached hydrogen (secondary N) is 3. The summed E-state index contributed by atoms with van der Waals surface area (Å²) in [5, 5.41) is 8.45. The minimum atomic E-state index is -2.94. The first-order chi connectivity index (χ1) is 15.9. The highest BCUT2D eigenvalue weighted by molar-refractivity contribution is 5.99. The van der Waals surface area contributed by atoms with Gasteiger partial charge in [0.1, 0.15) is 29.5 Å². The lowest BCUT2D eigenvalue weighted by molar-refractivity contribution is -0.0498. The molecule has 9 nitrogen and oxygen atoms in total. The average molecular weight is 451 g/mol. The van der Waals surface area contributed by atoms with Crippen molar-refractivity contribution in [1.82, 2.24) is 19.5 Å². The Balaban J connectivity index is 1.37. The van der Waals surface area contributed by atoms with Crippen LogP contribution in [0, 0.1) is 6.92 Å². The lowest BCUT2D eigenvalue weighted by Gasteiger charge is -2.11. The maximum atomic E-state index is 12.3. The quantitative estimate of drug-likeness (QED) is 0.367. The highest BCUT2D eigenvalue weighted by Crippen LogP contribution is 2.21. The minimum absolute atomic E-state index is 0.0469. The van der Waals surface area contributed by atoms with Crippen molar-refractivity contribution >= 4 is 28.9 Å². The summed E-state index contributed by atoms with van der Waals surface area (Å²) in [4.78, 5) is 25.0. The smallest absolute Gasteiger partial charge is 0.387 e. The van der Waals surface area contributed by atoms with E-state index < -0.39 is 12.6 Å². The number of carbonyl (C=O) groups is 1. The molecule has 3 N–H and O–H groups in total. The monoisotopic (exact) mass is 451 g/mol. The summed E-state index contributed by atoms with van der Waals surface area (Å²) in [7, 11) is 0. The van der Waals surface area contributed by atoms with Crippen LogP contribution < -0.4 is 20.7 Å². The second kappa shape index (κ2) is 9.73. The van der Waals surface area contributed by atoms with Gasteiger partial charge in [0.25, 0.3) is 0 Å². The number of amides is 2. The van der Waals surface area contributed by atoms with E-state index in [2.05, 4.69) is 35.6 Å². The van der Waals surface area contributed by atoms with Crippen LogP contribution >= 0.6 is 0 Å². The zero-order chi connectivity index (χ0) is 23.2. The first kappa shape index (κ1) is 21.7. The largest absolute Gasteiger partial charge is 0.435 e. The van der Waals surface area contributed by atoms with Gasteiger partial charge in [0.15, 0.2) is 0 Å². The molecule has 0 aliphatic carbocycles. The highest BCUT2D eigenvalue weighted by Gasteiger charge is 2.08. The van der Waals surface area contributed by atoms with Crippen molar-refractivity contribution in [2.75, 3.05) is 16.0 Å². The number of nitrogens with zero attached hydrogens (tertiary/aromatic N) is 4. The topological polar surface area (TPSA) is 106 Å². The van der Waals surface area contributed by atoms with Gasteiger partial charge in [0.2, 0.25) is 0 Å². The van der Waals surface area contributed by atoms with Gasteiger partial charge in [-0.3, -0.25) is 4.57 Å². The van der Waals surface area contributed by atoms with Crippen molar-refractivity contribution in [3.63, 3.8) is 0 Å². The Labute approximate surface area is 187 Å². The molecule has 2 aromatic carbocycles. The van der Waals surface area contributed by atoms with Crippen LogP contribution in [0.5, 0.6) is 5.75 Å². The molecule has 0 radical (unpaired) electrons. The second-order valence-corrected chi connectivity index (χ2v) is 6.82. The summed E-state index contributed by atoms with van der Waals surface area (Å²) in [6.45, 7) is -1.14. The molecule has 0 saturated carbocycles. The Morgan fingerprint density at radius 2 is 1.76 bits per heavy atom. The molecule has 2 amide bonds. The maximum Gasteiger partial charge on any atom is 0.387 e. The number of carbonyl (C=O) groups excluding carboxylic acids is 1. The second-order valence-electron chi connectivity index (χ2n) is 6.82. The third-order valence-corrected chi connectivity index (χ3v) is 4.33. The number of ether oxygens (including phenoxy) is 1. The van der Waals surface area contributed by atoms with Crippen LogP contribution in [0.1, 0.15) is 5.82 Å². The van der Waals surface area contributed by atoms with Crippen molar-refractivity contribution in [3.8, 4) is 11.6 Å². The SMILES string of the molecule is Cc1nc(Nc2ccc(NC(=O)Nc3cccc(OC(F)F)c3)cc2)cc(-n2ccnc2)n1. The summed E-state index contributed by atoms with van der Waals surface area (Å²) in [6, 6.07) is 14.0. The summed E-state index contributed by atoms with van der Waals surface area (Å²) in [5.41, 5.74) is 1.61. The lowest BCUT2D eigenvalue weighted by atomic mass is 10.2. The van der Waals surface area contributed by atoms with Gasteiger partial charge in [-0.1, -0.05) is 6.07 Å². The van der Waals surface area contributed by atoms with Crippen LogP contribution in [-0.4, -0.2) is 32.2 Å². The summed E-state index contributed by atoms with van der Waals surface area (Å²) < 4.78 is 30.8. The number of halogens is 2. The summed E-state index contributed by atoms with van der Waals surface area (Å²) in [5.74, 6) is 1.84. The number of hydrogen-bond donors (Lipinski definition) is 3. The lowest BCUT2D eigenvalue weighted by Crippen LogP contribution is -2.19. The third kappa shape index (κ3) is 6.00. The van der Waals surface area contributed by atoms with Crippen LogP contribution in [-0.2, 0) is 0 Å². The van der Waals surface area contributed by atoms with Gasteiger partial charge in [-0.2, -0.15) is 8.78 Å². The maximum absolute atomic E-state index is 12.3. The van der Waals surface area contributed by atoms with E-state index in [0.717, 1.165) is 5.69 Å². The molecule has 0 saturated heterocycles. The molecule has 2 heterocycles. The Hall–Kier alpha value is -4.54. The van der Waals surface area contributed by atoms with Gasteiger partial charge in [-0.05, 0) is 43.3 Å². The Morgan fingerprint density at radius 1 is 1.00 bits per heavy atom. The predicted molar refractivity (Wildman–Crippen MR) is 119 cm³/mol. The standard InChI is InChI=1S/C22H19F2N7O2/c1-14-26-19(12-20(27-14)31-10-9-25-13-31)28-15-5-7-16(8-6-15)29-22(32)30-17-3-2-4-18(11-17)33-21(23)24/h2-13,21H,1H3,(H,26,27,28)(H2,29,30,32). The molecule has 33 heavy (non-hydrogen) atoms. The van der Waals surface area contributed by atoms with Gasteiger partial charge < -0.3 is 20.7 Å². The average Bonchev–Trinajstić information content (AvgIpc) is 3.29. The Bertz CT molecular complexity index is 1230. The zero-order valence-corrected chi connectivity index (χ0v) is 17.4. The first-order valence-corrected chi connectivity index (χ1v) is 9.78. The fourth-order valence-corrected chi connectivity index (χ4v) is 2.97. The number of rotatable bonds is 7. The van der Waals surface area contributed by atoms with Crippen molar-refractivity contribution in [2.45, 2.75) is 13.5 Å². The van der Waals surface area contributed by atoms with E-state index in [4.69, 9.17) is 0 Å². The van der Waals surface area contributed by atoms with Gasteiger partial charge in [-0.15, -0.1) is 0 Å². The molecular weight excluding hydrogens is 432 g/mol. The van der Waals surface area contributed by atoms with Crippen molar-refractivity contribution < 1.29 is 18.3 Å². The Morgan fingerprint density at radius 3 is 2.48 bits per heavy atom. The molecule has 11 heteroatoms. The fourth-order valence-electron chi connectivity index (χ4n) is 2.97. The molecule has 0 aliphatic rings. The number of benzene rings is 2. The molecule has 0 fully saturated rings. The molecule has 0 atom stereocenters. The fraction of sp³-hybridized carbons (Fsp3) is 0.0909.